The predicted molar refractivity (Wildman–Crippen MR) is 56.5 cm³/mol. The fraction of sp³-hybridized carbons (Fsp3) is 1.00. The molecule has 0 amide bonds. The van der Waals surface area contributed by atoms with E-state index in [2.05, 4.69) is 41.7 Å². The van der Waals surface area contributed by atoms with Crippen LogP contribution in [0.2, 0.25) is 0 Å². The van der Waals surface area contributed by atoms with Gasteiger partial charge in [0, 0.05) is 18.4 Å². The van der Waals surface area contributed by atoms with Gasteiger partial charge in [-0.3, -0.25) is 0 Å². The monoisotopic (exact) mass is 273 g/mol. The number of hydrogen-bond donors (Lipinski definition) is 0. The van der Waals surface area contributed by atoms with Gasteiger partial charge in [0.25, 0.3) is 0 Å². The molecule has 0 aliphatic heterocycles. The molecule has 1 nitrogen and oxygen atoms in total. The fourth-order valence-corrected chi connectivity index (χ4v) is 1.46. The number of halogens is 2. The van der Waals surface area contributed by atoms with E-state index in [-0.39, 0.29) is 17.0 Å². The third-order valence-corrected chi connectivity index (χ3v) is 1.50. The van der Waals surface area contributed by atoms with Crippen LogP contribution in [0.4, 0.5) is 0 Å². The van der Waals surface area contributed by atoms with E-state index in [0.717, 1.165) is 17.8 Å². The Bertz CT molecular complexity index is 66.6. The van der Waals surface area contributed by atoms with Crippen molar-refractivity contribution in [1.82, 2.24) is 4.90 Å². The average molecular weight is 275 g/mol. The highest BCUT2D eigenvalue weighted by Gasteiger charge is 1.98. The summed E-state index contributed by atoms with van der Waals surface area (Å²) in [5, 5.41) is 1.08. The Morgan fingerprint density at radius 3 is 2.20 bits per heavy atom. The minimum Gasteiger partial charge on any atom is -0.305 e. The maximum absolute atomic E-state index is 3.40. The summed E-state index contributed by atoms with van der Waals surface area (Å²) < 4.78 is 0. The predicted octanol–water partition coefficient (Wildman–Crippen LogP) is 2.55. The molecule has 0 aliphatic carbocycles. The summed E-state index contributed by atoms with van der Waals surface area (Å²) in [4.78, 5) is 2.33. The van der Waals surface area contributed by atoms with Gasteiger partial charge in [-0.2, -0.15) is 0 Å². The van der Waals surface area contributed by atoms with Gasteiger partial charge < -0.3 is 4.90 Å². The highest BCUT2D eigenvalue weighted by atomic mass is 79.9. The molecular weight excluding hydrogens is 258 g/mol. The van der Waals surface area contributed by atoms with Gasteiger partial charge in [-0.25, -0.2) is 0 Å². The van der Waals surface area contributed by atoms with Crippen LogP contribution in [0.25, 0.3) is 0 Å². The second-order valence-electron chi connectivity index (χ2n) is 2.85. The molecule has 0 fully saturated rings. The molecule has 0 heterocycles. The first kappa shape index (κ1) is 13.5. The molecule has 10 heavy (non-hydrogen) atoms. The molecule has 0 aromatic rings. The Labute approximate surface area is 83.1 Å². The molecule has 3 heteroatoms. The number of alkyl halides is 1. The van der Waals surface area contributed by atoms with Crippen molar-refractivity contribution in [2.24, 2.45) is 5.92 Å². The third kappa shape index (κ3) is 8.92. The van der Waals surface area contributed by atoms with Crippen LogP contribution in [0.15, 0.2) is 0 Å². The maximum Gasteiger partial charge on any atom is 0.0159 e. The van der Waals surface area contributed by atoms with Crippen LogP contribution in [0.5, 0.6) is 0 Å². The Morgan fingerprint density at radius 1 is 1.40 bits per heavy atom. The quantitative estimate of drug-likeness (QED) is 0.713. The van der Waals surface area contributed by atoms with Crippen LogP contribution < -0.4 is 0 Å². The first-order chi connectivity index (χ1) is 4.16. The van der Waals surface area contributed by atoms with E-state index in [9.17, 15) is 0 Å². The Kier molecular flexibility index (Phi) is 10.8. The van der Waals surface area contributed by atoms with Gasteiger partial charge in [0.05, 0.1) is 0 Å². The largest absolute Gasteiger partial charge is 0.305 e. The van der Waals surface area contributed by atoms with Crippen LogP contribution in [0, 0.1) is 5.92 Å². The van der Waals surface area contributed by atoms with Gasteiger partial charge in [-0.15, -0.1) is 17.0 Å². The lowest BCUT2D eigenvalue weighted by Gasteiger charge is -2.16. The lowest BCUT2D eigenvalue weighted by atomic mass is 10.2. The maximum atomic E-state index is 3.40. The Morgan fingerprint density at radius 2 is 1.90 bits per heavy atom. The zero-order valence-electron chi connectivity index (χ0n) is 6.93. The molecule has 64 valence electrons. The van der Waals surface area contributed by atoms with Crippen LogP contribution in [0.1, 0.15) is 13.8 Å². The van der Waals surface area contributed by atoms with E-state index in [1.54, 1.807) is 0 Å². The van der Waals surface area contributed by atoms with Crippen molar-refractivity contribution in [3.05, 3.63) is 0 Å². The van der Waals surface area contributed by atoms with Gasteiger partial charge in [-0.1, -0.05) is 29.8 Å². The smallest absolute Gasteiger partial charge is 0.0159 e. The zero-order valence-corrected chi connectivity index (χ0v) is 10.2. The first-order valence-corrected chi connectivity index (χ1v) is 4.53. The molecule has 0 rings (SSSR count). The van der Waals surface area contributed by atoms with E-state index < -0.39 is 0 Å². The van der Waals surface area contributed by atoms with E-state index in [0.29, 0.717) is 0 Å². The molecule has 0 atom stereocenters. The highest BCUT2D eigenvalue weighted by molar-refractivity contribution is 9.09. The van der Waals surface area contributed by atoms with Gasteiger partial charge in [0.1, 0.15) is 0 Å². The van der Waals surface area contributed by atoms with Crippen molar-refractivity contribution in [2.75, 3.05) is 25.5 Å². The summed E-state index contributed by atoms with van der Waals surface area (Å²) in [6, 6.07) is 0. The zero-order chi connectivity index (χ0) is 7.28. The summed E-state index contributed by atoms with van der Waals surface area (Å²) in [6.07, 6.45) is 0. The van der Waals surface area contributed by atoms with Crippen molar-refractivity contribution in [3.8, 4) is 0 Å². The summed E-state index contributed by atoms with van der Waals surface area (Å²) in [5.74, 6) is 0.786. The second kappa shape index (κ2) is 8.02. The van der Waals surface area contributed by atoms with Crippen molar-refractivity contribution in [3.63, 3.8) is 0 Å². The average Bonchev–Trinajstić information content (AvgIpc) is 1.63. The minimum absolute atomic E-state index is 0. The molecule has 0 aliphatic rings. The SMILES string of the molecule is Br.CC(C)CN(C)CCBr. The molecule has 0 aromatic carbocycles. The minimum atomic E-state index is 0. The summed E-state index contributed by atoms with van der Waals surface area (Å²) in [7, 11) is 2.15. The molecule has 0 N–H and O–H groups in total. The summed E-state index contributed by atoms with van der Waals surface area (Å²) in [5.41, 5.74) is 0. The van der Waals surface area contributed by atoms with E-state index >= 15 is 0 Å². The van der Waals surface area contributed by atoms with E-state index in [4.69, 9.17) is 0 Å². The topological polar surface area (TPSA) is 3.24 Å². The van der Waals surface area contributed by atoms with Gasteiger partial charge in [-0.05, 0) is 13.0 Å². The molecule has 0 unspecified atom stereocenters. The number of nitrogens with zero attached hydrogens (tertiary/aromatic N) is 1. The normalized spacial score (nSPS) is 10.2. The Hall–Kier alpha value is 0.920. The second-order valence-corrected chi connectivity index (χ2v) is 3.64. The lowest BCUT2D eigenvalue weighted by molar-refractivity contribution is 0.313. The van der Waals surface area contributed by atoms with Crippen LogP contribution in [-0.4, -0.2) is 30.4 Å². The summed E-state index contributed by atoms with van der Waals surface area (Å²) >= 11 is 3.40. The molecule has 0 saturated heterocycles. The standard InChI is InChI=1S/C7H16BrN.BrH/c1-7(2)6-9(3)5-4-8;/h7H,4-6H2,1-3H3;1H. The van der Waals surface area contributed by atoms with E-state index in [1.165, 1.54) is 6.54 Å². The van der Waals surface area contributed by atoms with Gasteiger partial charge in [0.2, 0.25) is 0 Å². The van der Waals surface area contributed by atoms with Crippen LogP contribution in [0.3, 0.4) is 0 Å². The third-order valence-electron chi connectivity index (χ3n) is 1.14. The highest BCUT2D eigenvalue weighted by Crippen LogP contribution is 1.95. The molecule has 0 aromatic heterocycles. The van der Waals surface area contributed by atoms with Gasteiger partial charge >= 0.3 is 0 Å². The van der Waals surface area contributed by atoms with Crippen LogP contribution in [-0.2, 0) is 0 Å². The fourth-order valence-electron chi connectivity index (χ4n) is 0.859. The molecular formula is C7H17Br2N. The lowest BCUT2D eigenvalue weighted by Crippen LogP contribution is -2.24. The first-order valence-electron chi connectivity index (χ1n) is 3.41. The number of hydrogen-bond acceptors (Lipinski definition) is 1. The summed E-state index contributed by atoms with van der Waals surface area (Å²) in [6.45, 7) is 6.83. The van der Waals surface area contributed by atoms with E-state index in [1.807, 2.05) is 0 Å². The van der Waals surface area contributed by atoms with Crippen molar-refractivity contribution >= 4 is 32.9 Å². The number of rotatable bonds is 4. The molecule has 0 spiro atoms. The van der Waals surface area contributed by atoms with Crippen molar-refractivity contribution < 1.29 is 0 Å². The van der Waals surface area contributed by atoms with Gasteiger partial charge in [0.15, 0.2) is 0 Å². The molecule has 0 bridgehead atoms. The Balaban J connectivity index is 0. The van der Waals surface area contributed by atoms with Crippen molar-refractivity contribution in [2.45, 2.75) is 13.8 Å². The molecule has 0 radical (unpaired) electrons. The van der Waals surface area contributed by atoms with Crippen molar-refractivity contribution in [1.29, 1.82) is 0 Å². The molecule has 0 saturated carbocycles. The van der Waals surface area contributed by atoms with Crippen LogP contribution >= 0.6 is 32.9 Å².